The van der Waals surface area contributed by atoms with Crippen molar-refractivity contribution in [3.05, 3.63) is 72.9 Å². The normalized spacial score (nSPS) is 12.9. The molecule has 2 unspecified atom stereocenters. The molecule has 0 aliphatic rings. The average molecular weight is 1430 g/mol. The second-order valence-corrected chi connectivity index (χ2v) is 31.5. The van der Waals surface area contributed by atoms with Crippen molar-refractivity contribution in [3.8, 4) is 0 Å². The second-order valence-electron chi connectivity index (χ2n) is 31.5. The first-order chi connectivity index (χ1) is 50.1. The van der Waals surface area contributed by atoms with E-state index in [0.29, 0.717) is 23.9 Å². The van der Waals surface area contributed by atoms with E-state index in [1.807, 2.05) is 21.1 Å². The first kappa shape index (κ1) is 98.7. The van der Waals surface area contributed by atoms with E-state index in [1.165, 1.54) is 340 Å². The number of esters is 2. The van der Waals surface area contributed by atoms with Crippen LogP contribution in [0.2, 0.25) is 0 Å². The van der Waals surface area contributed by atoms with Crippen LogP contribution in [0.25, 0.3) is 0 Å². The number of unbranched alkanes of at least 4 members (excludes halogenated alkanes) is 57. The Morgan fingerprint density at radius 1 is 0.304 bits per heavy atom. The molecule has 0 saturated carbocycles. The van der Waals surface area contributed by atoms with Gasteiger partial charge in [0, 0.05) is 12.8 Å². The van der Waals surface area contributed by atoms with Gasteiger partial charge in [-0.2, -0.15) is 0 Å². The monoisotopic (exact) mass is 1430 g/mol. The molecule has 0 rings (SSSR count). The Balaban J connectivity index is 3.92. The van der Waals surface area contributed by atoms with Gasteiger partial charge in [0.15, 0.2) is 12.4 Å². The van der Waals surface area contributed by atoms with Gasteiger partial charge >= 0.3 is 11.9 Å². The highest BCUT2D eigenvalue weighted by atomic mass is 16.7. The fraction of sp³-hybridized carbons (Fsp3) is 0.839. The number of allylic oxidation sites excluding steroid dienone is 12. The van der Waals surface area contributed by atoms with Gasteiger partial charge in [0.25, 0.3) is 0 Å². The van der Waals surface area contributed by atoms with Gasteiger partial charge in [0.2, 0.25) is 0 Å². The number of carbonyl (C=O) groups is 3. The van der Waals surface area contributed by atoms with Crippen LogP contribution in [0.3, 0.4) is 0 Å². The first-order valence-corrected chi connectivity index (χ1v) is 44.6. The predicted octanol–water partition coefficient (Wildman–Crippen LogP) is 27.8. The van der Waals surface area contributed by atoms with E-state index >= 15 is 0 Å². The van der Waals surface area contributed by atoms with Crippen molar-refractivity contribution >= 4 is 17.9 Å². The van der Waals surface area contributed by atoms with Crippen LogP contribution in [0, 0.1) is 0 Å². The van der Waals surface area contributed by atoms with Crippen molar-refractivity contribution in [3.63, 3.8) is 0 Å². The van der Waals surface area contributed by atoms with E-state index < -0.39 is 24.3 Å². The molecule has 0 radical (unpaired) electrons. The van der Waals surface area contributed by atoms with E-state index in [1.54, 1.807) is 0 Å². The van der Waals surface area contributed by atoms with Gasteiger partial charge in [0.05, 0.1) is 40.3 Å². The van der Waals surface area contributed by atoms with Gasteiger partial charge in [-0.15, -0.1) is 0 Å². The molecule has 0 bridgehead atoms. The quantitative estimate of drug-likeness (QED) is 0.0195. The van der Waals surface area contributed by atoms with Crippen LogP contribution in [0.1, 0.15) is 444 Å². The van der Waals surface area contributed by atoms with Gasteiger partial charge in [-0.3, -0.25) is 9.59 Å². The lowest BCUT2D eigenvalue weighted by Gasteiger charge is -2.26. The number of hydrogen-bond acceptors (Lipinski definition) is 8. The number of rotatable bonds is 84. The van der Waals surface area contributed by atoms with Crippen LogP contribution in [0.4, 0.5) is 0 Å². The number of aliphatic carboxylic acids is 1. The number of carbonyl (C=O) groups excluding carboxylic acids is 3. The third-order valence-electron chi connectivity index (χ3n) is 20.2. The molecule has 102 heavy (non-hydrogen) atoms. The van der Waals surface area contributed by atoms with E-state index in [-0.39, 0.29) is 32.2 Å². The Hall–Kier alpha value is -3.27. The molecular weight excluding hydrogens is 1260 g/mol. The summed E-state index contributed by atoms with van der Waals surface area (Å²) in [5, 5.41) is 11.9. The maximum atomic E-state index is 13.0. The minimum absolute atomic E-state index is 0.150. The number of carboxylic acids is 1. The van der Waals surface area contributed by atoms with Crippen molar-refractivity contribution < 1.29 is 42.9 Å². The van der Waals surface area contributed by atoms with Gasteiger partial charge in [0.1, 0.15) is 13.2 Å². The van der Waals surface area contributed by atoms with Crippen molar-refractivity contribution in [2.75, 3.05) is 47.5 Å². The number of likely N-dealkylation sites (N-methyl/N-ethyl adjacent to an activating group) is 1. The summed E-state index contributed by atoms with van der Waals surface area (Å²) in [5.74, 6) is -2.25. The highest BCUT2D eigenvalue weighted by Crippen LogP contribution is 2.21. The molecule has 0 N–H and O–H groups in total. The minimum Gasteiger partial charge on any atom is -0.545 e. The van der Waals surface area contributed by atoms with Crippen LogP contribution in [-0.2, 0) is 33.3 Å². The Labute approximate surface area is 634 Å². The lowest BCUT2D eigenvalue weighted by atomic mass is 10.0. The topological polar surface area (TPSA) is 111 Å². The molecule has 0 fully saturated rings. The first-order valence-electron chi connectivity index (χ1n) is 44.6. The Morgan fingerprint density at radius 2 is 0.559 bits per heavy atom. The summed E-state index contributed by atoms with van der Waals surface area (Å²) >= 11 is 0. The summed E-state index contributed by atoms with van der Waals surface area (Å²) in [5.41, 5.74) is 0. The maximum Gasteiger partial charge on any atom is 0.306 e. The average Bonchev–Trinajstić information content (AvgIpc) is 0.997. The van der Waals surface area contributed by atoms with E-state index in [9.17, 15) is 19.5 Å². The zero-order valence-electron chi connectivity index (χ0n) is 68.5. The predicted molar refractivity (Wildman–Crippen MR) is 440 cm³/mol. The smallest absolute Gasteiger partial charge is 0.306 e. The molecule has 0 aromatic rings. The molecule has 596 valence electrons. The largest absolute Gasteiger partial charge is 0.545 e. The van der Waals surface area contributed by atoms with Gasteiger partial charge in [-0.1, -0.05) is 440 Å². The maximum absolute atomic E-state index is 13.0. The zero-order chi connectivity index (χ0) is 73.9. The number of nitrogens with zero attached hydrogens (tertiary/aromatic N) is 1. The Kier molecular flexibility index (Phi) is 80.7. The SMILES string of the molecule is CC/C=C\C/C=C\C/C=C\C/C=C\C/C=C\C/C=C\CCCCCCCCCCCCCCCCCCCCCCC(=O)OC(COC(=O)CCCCCCCCCCCCCCCCCCCCCCCCCCCCCCCCCCCCCCCC)COC(OCC[N+](C)(C)C)C(=O)[O-]. The molecule has 0 spiro atoms. The molecule has 0 aliphatic heterocycles. The van der Waals surface area contributed by atoms with Gasteiger partial charge in [-0.25, -0.2) is 0 Å². The summed E-state index contributed by atoms with van der Waals surface area (Å²) < 4.78 is 22.9. The van der Waals surface area contributed by atoms with Crippen LogP contribution in [0.5, 0.6) is 0 Å². The second kappa shape index (κ2) is 83.4. The molecule has 9 nitrogen and oxygen atoms in total. The molecular formula is C93H171NO8. The molecule has 0 heterocycles. The summed E-state index contributed by atoms with van der Waals surface area (Å²) in [7, 11) is 5.96. The summed E-state index contributed by atoms with van der Waals surface area (Å²) in [6.45, 7) is 4.71. The third kappa shape index (κ3) is 84.0. The highest BCUT2D eigenvalue weighted by Gasteiger charge is 2.22. The Morgan fingerprint density at radius 3 is 0.833 bits per heavy atom. The van der Waals surface area contributed by atoms with E-state index in [4.69, 9.17) is 18.9 Å². The van der Waals surface area contributed by atoms with Crippen molar-refractivity contribution in [1.82, 2.24) is 0 Å². The fourth-order valence-corrected chi connectivity index (χ4v) is 13.5. The fourth-order valence-electron chi connectivity index (χ4n) is 13.5. The molecule has 2 atom stereocenters. The zero-order valence-corrected chi connectivity index (χ0v) is 68.5. The van der Waals surface area contributed by atoms with Crippen LogP contribution >= 0.6 is 0 Å². The molecule has 0 aromatic heterocycles. The Bertz CT molecular complexity index is 1910. The summed E-state index contributed by atoms with van der Waals surface area (Å²) in [6, 6.07) is 0. The van der Waals surface area contributed by atoms with Crippen LogP contribution in [-0.4, -0.2) is 82.3 Å². The summed E-state index contributed by atoms with van der Waals surface area (Å²) in [6.07, 6.45) is 111. The number of carboxylic acid groups (broad SMARTS) is 1. The van der Waals surface area contributed by atoms with Crippen LogP contribution in [0.15, 0.2) is 72.9 Å². The standard InChI is InChI=1S/C93H171NO8/c1-6-8-10-12-14-16-18-20-22-24-26-28-30-32-34-36-38-40-42-44-46-48-50-52-54-56-58-60-62-64-66-68-70-72-74-76-78-80-82-84-91(96)102-89(88-101-93(92(97)98)99-86-85-94(3,4)5)87-100-90(95)83-81-79-77-75-73-71-69-67-65-63-61-59-57-55-53-51-49-47-45-43-41-39-37-35-33-31-29-27-25-23-21-19-17-15-13-11-9-7-2/h8,10,14,16,20,22,26,28,32,34,38,40,89,93H,6-7,9,11-13,15,17-19,21,23-25,27,29-31,33,35-37,39,41-88H2,1-5H3/b10-8-,16-14-,22-20-,28-26-,34-32-,40-38-. The van der Waals surface area contributed by atoms with E-state index in [0.717, 1.165) is 70.6 Å². The van der Waals surface area contributed by atoms with Crippen molar-refractivity contribution in [2.45, 2.75) is 456 Å². The molecule has 9 heteroatoms. The van der Waals surface area contributed by atoms with E-state index in [2.05, 4.69) is 86.8 Å². The van der Waals surface area contributed by atoms with Crippen LogP contribution < -0.4 is 5.11 Å². The minimum atomic E-state index is -1.62. The highest BCUT2D eigenvalue weighted by molar-refractivity contribution is 5.70. The number of quaternary nitrogens is 1. The summed E-state index contributed by atoms with van der Waals surface area (Å²) in [4.78, 5) is 37.7. The van der Waals surface area contributed by atoms with Crippen molar-refractivity contribution in [1.29, 1.82) is 0 Å². The third-order valence-corrected chi connectivity index (χ3v) is 20.2. The lowest BCUT2D eigenvalue weighted by molar-refractivity contribution is -0.870. The lowest BCUT2D eigenvalue weighted by Crippen LogP contribution is -2.44. The molecule has 0 aromatic carbocycles. The number of ether oxygens (including phenoxy) is 4. The van der Waals surface area contributed by atoms with Crippen molar-refractivity contribution in [2.24, 2.45) is 0 Å². The number of hydrogen-bond donors (Lipinski definition) is 0. The van der Waals surface area contributed by atoms with Gasteiger partial charge < -0.3 is 33.3 Å². The molecule has 0 amide bonds. The molecule has 0 aliphatic carbocycles. The van der Waals surface area contributed by atoms with Gasteiger partial charge in [-0.05, 0) is 64.2 Å². The molecule has 0 saturated heterocycles.